The molecule has 2 aromatic carbocycles. The minimum Gasteiger partial charge on any atom is -0.497 e. The van der Waals surface area contributed by atoms with E-state index in [-0.39, 0.29) is 11.3 Å². The van der Waals surface area contributed by atoms with Crippen molar-refractivity contribution in [3.8, 4) is 23.0 Å². The smallest absolute Gasteiger partial charge is 0.342 e. The Labute approximate surface area is 150 Å². The molecular weight excluding hydrogens is 340 g/mol. The highest BCUT2D eigenvalue weighted by Crippen LogP contribution is 2.31. The van der Waals surface area contributed by atoms with Gasteiger partial charge in [0.15, 0.2) is 23.9 Å². The summed E-state index contributed by atoms with van der Waals surface area (Å²) >= 11 is 0. The topological polar surface area (TPSA) is 80.3 Å². The molecule has 7 heteroatoms. The molecule has 1 heterocycles. The molecule has 2 aromatic rings. The highest BCUT2D eigenvalue weighted by Gasteiger charge is 2.19. The van der Waals surface area contributed by atoms with Crippen molar-refractivity contribution >= 4 is 11.8 Å². The number of Topliss-reactive ketones (excluding diaryl/α,β-unsaturated/α-hetero) is 1. The molecule has 0 spiro atoms. The summed E-state index contributed by atoms with van der Waals surface area (Å²) in [4.78, 5) is 24.6. The summed E-state index contributed by atoms with van der Waals surface area (Å²) in [7, 11) is 2.93. The number of hydrogen-bond acceptors (Lipinski definition) is 7. The molecule has 0 aliphatic carbocycles. The van der Waals surface area contributed by atoms with Crippen molar-refractivity contribution in [1.82, 2.24) is 0 Å². The van der Waals surface area contributed by atoms with Gasteiger partial charge >= 0.3 is 5.97 Å². The summed E-state index contributed by atoms with van der Waals surface area (Å²) in [5.41, 5.74) is 0.557. The molecular formula is C19H18O7. The quantitative estimate of drug-likeness (QED) is 0.580. The molecule has 3 rings (SSSR count). The molecule has 0 saturated heterocycles. The largest absolute Gasteiger partial charge is 0.497 e. The Kier molecular flexibility index (Phi) is 5.26. The Morgan fingerprint density at radius 1 is 0.962 bits per heavy atom. The predicted octanol–water partition coefficient (Wildman–Crippen LogP) is 2.51. The third kappa shape index (κ3) is 3.72. The van der Waals surface area contributed by atoms with Crippen LogP contribution in [0.4, 0.5) is 0 Å². The van der Waals surface area contributed by atoms with E-state index >= 15 is 0 Å². The summed E-state index contributed by atoms with van der Waals surface area (Å²) < 4.78 is 26.2. The molecule has 0 N–H and O–H groups in total. The fourth-order valence-corrected chi connectivity index (χ4v) is 2.48. The minimum atomic E-state index is -0.674. The molecule has 0 radical (unpaired) electrons. The van der Waals surface area contributed by atoms with Crippen LogP contribution in [-0.2, 0) is 4.74 Å². The van der Waals surface area contributed by atoms with Gasteiger partial charge in [-0.25, -0.2) is 4.79 Å². The predicted molar refractivity (Wildman–Crippen MR) is 91.6 cm³/mol. The lowest BCUT2D eigenvalue weighted by atomic mass is 10.1. The number of esters is 1. The number of methoxy groups -OCH3 is 2. The second-order valence-corrected chi connectivity index (χ2v) is 5.42. The van der Waals surface area contributed by atoms with E-state index in [4.69, 9.17) is 23.7 Å². The highest BCUT2D eigenvalue weighted by molar-refractivity contribution is 6.00. The molecule has 0 amide bonds. The Bertz CT molecular complexity index is 829. The Morgan fingerprint density at radius 2 is 1.73 bits per heavy atom. The third-order valence-corrected chi connectivity index (χ3v) is 3.83. The van der Waals surface area contributed by atoms with Crippen LogP contribution >= 0.6 is 0 Å². The van der Waals surface area contributed by atoms with Crippen molar-refractivity contribution in [2.24, 2.45) is 0 Å². The van der Waals surface area contributed by atoms with E-state index in [1.807, 2.05) is 0 Å². The summed E-state index contributed by atoms with van der Waals surface area (Å²) in [6.45, 7) is 0.494. The number of ketones is 1. The number of benzene rings is 2. The first-order valence-electron chi connectivity index (χ1n) is 7.94. The van der Waals surface area contributed by atoms with Crippen LogP contribution in [0, 0.1) is 0 Å². The monoisotopic (exact) mass is 358 g/mol. The van der Waals surface area contributed by atoms with E-state index in [9.17, 15) is 9.59 Å². The Hall–Kier alpha value is -3.22. The fourth-order valence-electron chi connectivity index (χ4n) is 2.48. The van der Waals surface area contributed by atoms with Crippen LogP contribution < -0.4 is 18.9 Å². The molecule has 0 bridgehead atoms. The second kappa shape index (κ2) is 7.77. The second-order valence-electron chi connectivity index (χ2n) is 5.42. The zero-order valence-corrected chi connectivity index (χ0v) is 14.4. The summed E-state index contributed by atoms with van der Waals surface area (Å²) in [6, 6.07) is 9.60. The van der Waals surface area contributed by atoms with Crippen molar-refractivity contribution in [2.45, 2.75) is 0 Å². The first-order chi connectivity index (χ1) is 12.6. The van der Waals surface area contributed by atoms with E-state index in [1.165, 1.54) is 20.3 Å². The van der Waals surface area contributed by atoms with Crippen LogP contribution in [0.5, 0.6) is 23.0 Å². The molecule has 0 aromatic heterocycles. The Morgan fingerprint density at radius 3 is 2.46 bits per heavy atom. The van der Waals surface area contributed by atoms with Crippen LogP contribution in [0.15, 0.2) is 36.4 Å². The van der Waals surface area contributed by atoms with Gasteiger partial charge in [-0.05, 0) is 36.4 Å². The minimum absolute atomic E-state index is 0.182. The molecule has 0 atom stereocenters. The first kappa shape index (κ1) is 17.6. The van der Waals surface area contributed by atoms with Gasteiger partial charge in [0.05, 0.1) is 14.2 Å². The van der Waals surface area contributed by atoms with Crippen LogP contribution in [-0.4, -0.2) is 45.8 Å². The molecule has 1 aliphatic heterocycles. The molecule has 0 unspecified atom stereocenters. The van der Waals surface area contributed by atoms with E-state index in [1.54, 1.807) is 30.3 Å². The van der Waals surface area contributed by atoms with Gasteiger partial charge in [0, 0.05) is 5.56 Å². The van der Waals surface area contributed by atoms with E-state index in [2.05, 4.69) is 0 Å². The van der Waals surface area contributed by atoms with Crippen molar-refractivity contribution < 1.29 is 33.3 Å². The highest BCUT2D eigenvalue weighted by atomic mass is 16.6. The molecule has 0 fully saturated rings. The maximum atomic E-state index is 12.3. The zero-order chi connectivity index (χ0) is 18.5. The van der Waals surface area contributed by atoms with Crippen LogP contribution in [0.1, 0.15) is 20.7 Å². The van der Waals surface area contributed by atoms with Gasteiger partial charge in [-0.3, -0.25) is 4.79 Å². The van der Waals surface area contributed by atoms with Gasteiger partial charge in [-0.1, -0.05) is 0 Å². The SMILES string of the molecule is COc1ccc(OC)c(C(=O)OCC(=O)c2ccc3c(c2)OCCO3)c1. The van der Waals surface area contributed by atoms with Crippen LogP contribution in [0.3, 0.4) is 0 Å². The number of carbonyl (C=O) groups excluding carboxylic acids is 2. The van der Waals surface area contributed by atoms with Gasteiger partial charge in [-0.15, -0.1) is 0 Å². The summed E-state index contributed by atoms with van der Waals surface area (Å²) in [5, 5.41) is 0. The van der Waals surface area contributed by atoms with Crippen LogP contribution in [0.25, 0.3) is 0 Å². The van der Waals surface area contributed by atoms with E-state index in [0.717, 1.165) is 0 Å². The Balaban J connectivity index is 1.69. The van der Waals surface area contributed by atoms with Gasteiger partial charge in [0.1, 0.15) is 30.3 Å². The van der Waals surface area contributed by atoms with Crippen molar-refractivity contribution in [2.75, 3.05) is 34.0 Å². The van der Waals surface area contributed by atoms with E-state index < -0.39 is 12.6 Å². The maximum absolute atomic E-state index is 12.3. The third-order valence-electron chi connectivity index (χ3n) is 3.83. The van der Waals surface area contributed by atoms with Crippen molar-refractivity contribution in [3.05, 3.63) is 47.5 Å². The molecule has 7 nitrogen and oxygen atoms in total. The van der Waals surface area contributed by atoms with Crippen molar-refractivity contribution in [3.63, 3.8) is 0 Å². The molecule has 26 heavy (non-hydrogen) atoms. The molecule has 0 saturated carbocycles. The lowest BCUT2D eigenvalue weighted by Gasteiger charge is -2.18. The lowest BCUT2D eigenvalue weighted by Crippen LogP contribution is -2.17. The van der Waals surface area contributed by atoms with Gasteiger partial charge < -0.3 is 23.7 Å². The first-order valence-corrected chi connectivity index (χ1v) is 7.94. The fraction of sp³-hybridized carbons (Fsp3) is 0.263. The number of hydrogen-bond donors (Lipinski definition) is 0. The normalized spacial score (nSPS) is 12.2. The molecule has 136 valence electrons. The average Bonchev–Trinajstić information content (AvgIpc) is 2.70. The van der Waals surface area contributed by atoms with Gasteiger partial charge in [-0.2, -0.15) is 0 Å². The number of carbonyl (C=O) groups is 2. The lowest BCUT2D eigenvalue weighted by molar-refractivity contribution is 0.0471. The van der Waals surface area contributed by atoms with Gasteiger partial charge in [0.2, 0.25) is 0 Å². The molecule has 1 aliphatic rings. The number of fused-ring (bicyclic) bond motifs is 1. The number of rotatable bonds is 6. The maximum Gasteiger partial charge on any atom is 0.342 e. The summed E-state index contributed by atoms with van der Waals surface area (Å²) in [5.74, 6) is 0.885. The van der Waals surface area contributed by atoms with Crippen molar-refractivity contribution in [1.29, 1.82) is 0 Å². The van der Waals surface area contributed by atoms with Crippen LogP contribution in [0.2, 0.25) is 0 Å². The average molecular weight is 358 g/mol. The zero-order valence-electron chi connectivity index (χ0n) is 14.4. The van der Waals surface area contributed by atoms with Gasteiger partial charge in [0.25, 0.3) is 0 Å². The number of ether oxygens (including phenoxy) is 5. The standard InChI is InChI=1S/C19H18O7/c1-22-13-4-6-16(23-2)14(10-13)19(21)26-11-15(20)12-3-5-17-18(9-12)25-8-7-24-17/h3-6,9-10H,7-8,11H2,1-2H3. The van der Waals surface area contributed by atoms with E-state index in [0.29, 0.717) is 41.8 Å². The summed E-state index contributed by atoms with van der Waals surface area (Å²) in [6.07, 6.45) is 0.